The molecule has 2 bridgehead atoms. The van der Waals surface area contributed by atoms with E-state index in [1.165, 1.54) is 6.07 Å². The zero-order chi connectivity index (χ0) is 21.9. The number of fused-ring (bicyclic) bond motifs is 3. The molecule has 4 unspecified atom stereocenters. The molecule has 2 saturated heterocycles. The first-order valence-corrected chi connectivity index (χ1v) is 9.04. The standard InChI is InChI=1S/C19H15N5O6/c1-3-19-10(2)18(8-22,16(23)30-19)17(6-20,7-21)15(29-19)11-4-13-14(28-9-27-13)5-12(11)24(25)26/h4-5,10,15,23H,3,9H2,1-2H3. The molecule has 30 heavy (non-hydrogen) atoms. The van der Waals surface area contributed by atoms with E-state index in [9.17, 15) is 25.9 Å². The summed E-state index contributed by atoms with van der Waals surface area (Å²) in [5, 5.41) is 50.5. The summed E-state index contributed by atoms with van der Waals surface area (Å²) in [7, 11) is 0. The Bertz CT molecular complexity index is 1100. The maximum Gasteiger partial charge on any atom is 0.279 e. The molecule has 1 N–H and O–H groups in total. The van der Waals surface area contributed by atoms with Crippen LogP contribution in [0.3, 0.4) is 0 Å². The van der Waals surface area contributed by atoms with Crippen molar-refractivity contribution in [1.29, 1.82) is 21.2 Å². The summed E-state index contributed by atoms with van der Waals surface area (Å²) in [6, 6.07) is 8.06. The lowest BCUT2D eigenvalue weighted by molar-refractivity contribution is -0.387. The number of ether oxygens (including phenoxy) is 4. The Morgan fingerprint density at radius 2 is 1.87 bits per heavy atom. The highest BCUT2D eigenvalue weighted by molar-refractivity contribution is 5.89. The van der Waals surface area contributed by atoms with Gasteiger partial charge in [-0.3, -0.25) is 15.5 Å². The summed E-state index contributed by atoms with van der Waals surface area (Å²) in [5.74, 6) is -2.59. The highest BCUT2D eigenvalue weighted by Gasteiger charge is 2.79. The Kier molecular flexibility index (Phi) is 3.92. The molecule has 0 radical (unpaired) electrons. The van der Waals surface area contributed by atoms with E-state index in [1.807, 2.05) is 18.2 Å². The topological polar surface area (TPSA) is 175 Å². The Hall–Kier alpha value is -3.88. The molecule has 11 heteroatoms. The lowest BCUT2D eigenvalue weighted by Crippen LogP contribution is -2.58. The summed E-state index contributed by atoms with van der Waals surface area (Å²) in [5.41, 5.74) is -4.86. The number of hydrogen-bond acceptors (Lipinski definition) is 10. The van der Waals surface area contributed by atoms with Crippen molar-refractivity contribution in [3.8, 4) is 29.7 Å². The van der Waals surface area contributed by atoms with Crippen molar-refractivity contribution in [3.63, 3.8) is 0 Å². The number of nitriles is 3. The zero-order valence-electron chi connectivity index (χ0n) is 16.0. The van der Waals surface area contributed by atoms with Crippen molar-refractivity contribution in [2.45, 2.75) is 32.2 Å². The van der Waals surface area contributed by atoms with Gasteiger partial charge in [-0.25, -0.2) is 0 Å². The molecule has 1 aromatic rings. The van der Waals surface area contributed by atoms with Crippen molar-refractivity contribution in [1.82, 2.24) is 0 Å². The Labute approximate surface area is 170 Å². The van der Waals surface area contributed by atoms with Crippen LogP contribution >= 0.6 is 0 Å². The van der Waals surface area contributed by atoms with Gasteiger partial charge in [0.1, 0.15) is 6.10 Å². The van der Waals surface area contributed by atoms with Crippen LogP contribution in [0.5, 0.6) is 11.5 Å². The van der Waals surface area contributed by atoms with E-state index < -0.39 is 45.1 Å². The minimum absolute atomic E-state index is 0.130. The lowest BCUT2D eigenvalue weighted by Gasteiger charge is -2.48. The van der Waals surface area contributed by atoms with Crippen LogP contribution in [0.2, 0.25) is 0 Å². The molecule has 3 aliphatic heterocycles. The van der Waals surface area contributed by atoms with Gasteiger partial charge in [-0.05, 0) is 6.07 Å². The van der Waals surface area contributed by atoms with Crippen LogP contribution < -0.4 is 9.47 Å². The van der Waals surface area contributed by atoms with Crippen LogP contribution in [0.1, 0.15) is 31.9 Å². The predicted molar refractivity (Wildman–Crippen MR) is 95.7 cm³/mol. The van der Waals surface area contributed by atoms with Crippen LogP contribution in [0.15, 0.2) is 12.1 Å². The Balaban J connectivity index is 2.06. The molecule has 0 saturated carbocycles. The molecule has 152 valence electrons. The molecule has 0 aliphatic carbocycles. The normalized spacial score (nSPS) is 32.4. The second-order valence-electron chi connectivity index (χ2n) is 7.29. The minimum atomic E-state index is -2.29. The summed E-state index contributed by atoms with van der Waals surface area (Å²) < 4.78 is 22.2. The predicted octanol–water partition coefficient (Wildman–Crippen LogP) is 2.69. The van der Waals surface area contributed by atoms with Crippen LogP contribution in [0.25, 0.3) is 0 Å². The SMILES string of the molecule is CCC12OC(=N)C(C#N)(C1C)C(C#N)(C#N)C(c1cc3c(cc1[N+](=O)[O-])OCO3)O2. The second kappa shape index (κ2) is 6.06. The molecular weight excluding hydrogens is 394 g/mol. The van der Waals surface area contributed by atoms with Gasteiger partial charge in [-0.1, -0.05) is 13.8 Å². The second-order valence-corrected chi connectivity index (χ2v) is 7.29. The summed E-state index contributed by atoms with van der Waals surface area (Å²) in [6.45, 7) is 3.13. The van der Waals surface area contributed by atoms with E-state index in [1.54, 1.807) is 13.8 Å². The van der Waals surface area contributed by atoms with Gasteiger partial charge < -0.3 is 18.9 Å². The smallest absolute Gasteiger partial charge is 0.279 e. The van der Waals surface area contributed by atoms with Gasteiger partial charge in [0, 0.05) is 6.42 Å². The van der Waals surface area contributed by atoms with Gasteiger partial charge >= 0.3 is 0 Å². The molecule has 4 atom stereocenters. The van der Waals surface area contributed by atoms with Crippen LogP contribution in [-0.4, -0.2) is 23.4 Å². The van der Waals surface area contributed by atoms with Crippen LogP contribution in [0.4, 0.5) is 5.69 Å². The van der Waals surface area contributed by atoms with Gasteiger partial charge in [-0.2, -0.15) is 15.8 Å². The number of benzene rings is 1. The zero-order valence-corrected chi connectivity index (χ0v) is 16.0. The van der Waals surface area contributed by atoms with Crippen molar-refractivity contribution >= 4 is 11.6 Å². The number of rotatable bonds is 3. The van der Waals surface area contributed by atoms with Crippen molar-refractivity contribution in [2.75, 3.05) is 6.79 Å². The largest absolute Gasteiger partial charge is 0.454 e. The first-order chi connectivity index (χ1) is 14.3. The van der Waals surface area contributed by atoms with Gasteiger partial charge in [0.15, 0.2) is 16.9 Å². The first kappa shape index (κ1) is 19.4. The molecule has 0 spiro atoms. The first-order valence-electron chi connectivity index (χ1n) is 9.04. The number of nitro groups is 1. The van der Waals surface area contributed by atoms with E-state index in [0.29, 0.717) is 0 Å². The maximum atomic E-state index is 11.8. The van der Waals surface area contributed by atoms with E-state index in [2.05, 4.69) is 0 Å². The molecule has 0 aromatic heterocycles. The molecule has 11 nitrogen and oxygen atoms in total. The van der Waals surface area contributed by atoms with Crippen molar-refractivity contribution in [3.05, 3.63) is 27.8 Å². The highest BCUT2D eigenvalue weighted by atomic mass is 16.7. The van der Waals surface area contributed by atoms with Crippen molar-refractivity contribution < 1.29 is 23.9 Å². The van der Waals surface area contributed by atoms with Crippen molar-refractivity contribution in [2.24, 2.45) is 16.7 Å². The minimum Gasteiger partial charge on any atom is -0.454 e. The molecule has 2 fully saturated rings. The monoisotopic (exact) mass is 409 g/mol. The van der Waals surface area contributed by atoms with E-state index >= 15 is 0 Å². The molecule has 0 amide bonds. The number of nitro benzene ring substituents is 1. The van der Waals surface area contributed by atoms with Gasteiger partial charge in [0.05, 0.1) is 40.7 Å². The van der Waals surface area contributed by atoms with Gasteiger partial charge in [0.25, 0.3) is 5.69 Å². The molecule has 1 aromatic carbocycles. The summed E-state index contributed by atoms with van der Waals surface area (Å²) in [6.07, 6.45) is -1.37. The summed E-state index contributed by atoms with van der Waals surface area (Å²) in [4.78, 5) is 11.1. The average Bonchev–Trinajstić information content (AvgIpc) is 3.26. The van der Waals surface area contributed by atoms with Gasteiger partial charge in [-0.15, -0.1) is 0 Å². The number of nitrogens with one attached hydrogen (secondary N) is 1. The van der Waals surface area contributed by atoms with E-state index in [0.717, 1.165) is 6.07 Å². The molecular formula is C19H15N5O6. The quantitative estimate of drug-likeness (QED) is 0.581. The third-order valence-corrected chi connectivity index (χ3v) is 6.30. The number of hydrogen-bond donors (Lipinski definition) is 1. The number of nitrogens with zero attached hydrogens (tertiary/aromatic N) is 4. The summed E-state index contributed by atoms with van der Waals surface area (Å²) >= 11 is 0. The van der Waals surface area contributed by atoms with Gasteiger partial charge in [0.2, 0.25) is 23.9 Å². The maximum absolute atomic E-state index is 11.8. The van der Waals surface area contributed by atoms with E-state index in [4.69, 9.17) is 24.4 Å². The fraction of sp³-hybridized carbons (Fsp3) is 0.474. The highest BCUT2D eigenvalue weighted by Crippen LogP contribution is 2.67. The Morgan fingerprint density at radius 3 is 2.40 bits per heavy atom. The van der Waals surface area contributed by atoms with Crippen LogP contribution in [-0.2, 0) is 9.47 Å². The van der Waals surface area contributed by atoms with E-state index in [-0.39, 0.29) is 30.3 Å². The fourth-order valence-corrected chi connectivity index (χ4v) is 4.64. The van der Waals surface area contributed by atoms with Crippen LogP contribution in [0, 0.1) is 66.3 Å². The molecule has 4 rings (SSSR count). The average molecular weight is 409 g/mol. The Morgan fingerprint density at radius 1 is 1.23 bits per heavy atom. The third-order valence-electron chi connectivity index (χ3n) is 6.30. The molecule has 3 aliphatic rings. The lowest BCUT2D eigenvalue weighted by atomic mass is 9.53. The fourth-order valence-electron chi connectivity index (χ4n) is 4.64. The molecule has 3 heterocycles. The third kappa shape index (κ3) is 1.96.